The molecule has 0 N–H and O–H groups in total. The van der Waals surface area contributed by atoms with Crippen LogP contribution in [0.5, 0.6) is 5.75 Å². The zero-order valence-electron chi connectivity index (χ0n) is 12.6. The number of nitrogens with zero attached hydrogens (tertiary/aromatic N) is 3. The molecule has 0 radical (unpaired) electrons. The Morgan fingerprint density at radius 3 is 2.65 bits per heavy atom. The predicted molar refractivity (Wildman–Crippen MR) is 79.1 cm³/mol. The summed E-state index contributed by atoms with van der Waals surface area (Å²) in [5.41, 5.74) is 0.857. The first-order valence-electron chi connectivity index (χ1n) is 7.91. The van der Waals surface area contributed by atoms with Crippen LogP contribution in [0, 0.1) is 11.8 Å². The third kappa shape index (κ3) is 3.02. The number of ether oxygens (including phenoxy) is 1. The highest BCUT2D eigenvalue weighted by Gasteiger charge is 2.34. The zero-order chi connectivity index (χ0) is 16.0. The second kappa shape index (κ2) is 5.40. The number of aromatic nitrogens is 2. The lowest BCUT2D eigenvalue weighted by molar-refractivity contribution is -0.274. The number of hydrogen-bond acceptors (Lipinski definition) is 3. The molecule has 0 spiro atoms. The summed E-state index contributed by atoms with van der Waals surface area (Å²) in [6.45, 7) is 4.31. The number of benzene rings is 1. The van der Waals surface area contributed by atoms with Crippen molar-refractivity contribution in [1.29, 1.82) is 0 Å². The molecule has 3 aliphatic heterocycles. The monoisotopic (exact) mass is 325 g/mol. The van der Waals surface area contributed by atoms with Crippen molar-refractivity contribution in [3.63, 3.8) is 0 Å². The van der Waals surface area contributed by atoms with Crippen molar-refractivity contribution in [1.82, 2.24) is 14.7 Å². The lowest BCUT2D eigenvalue weighted by atomic mass is 9.79. The second-order valence-corrected chi connectivity index (χ2v) is 6.49. The molecule has 2 bridgehead atoms. The van der Waals surface area contributed by atoms with Crippen LogP contribution in [-0.4, -0.2) is 40.7 Å². The Morgan fingerprint density at radius 2 is 2.00 bits per heavy atom. The quantitative estimate of drug-likeness (QED) is 0.868. The Hall–Kier alpha value is -1.76. The van der Waals surface area contributed by atoms with Gasteiger partial charge in [-0.2, -0.15) is 5.10 Å². The summed E-state index contributed by atoms with van der Waals surface area (Å²) in [4.78, 5) is 2.49. The summed E-state index contributed by atoms with van der Waals surface area (Å²) in [6.07, 6.45) is -0.569. The SMILES string of the molecule is FC(F)(F)Oc1ccc2c(cnn2CC2CN3CCC2CC3)c1. The van der Waals surface area contributed by atoms with E-state index in [0.717, 1.165) is 24.5 Å². The van der Waals surface area contributed by atoms with E-state index in [0.29, 0.717) is 11.3 Å². The minimum absolute atomic E-state index is 0.201. The first-order chi connectivity index (χ1) is 11.0. The normalized spacial score (nSPS) is 27.5. The van der Waals surface area contributed by atoms with Crippen molar-refractivity contribution in [2.24, 2.45) is 11.8 Å². The molecule has 0 amide bonds. The minimum atomic E-state index is -4.67. The maximum absolute atomic E-state index is 12.3. The summed E-state index contributed by atoms with van der Waals surface area (Å²) in [5, 5.41) is 5.05. The highest BCUT2D eigenvalue weighted by molar-refractivity contribution is 5.80. The summed E-state index contributed by atoms with van der Waals surface area (Å²) in [5.74, 6) is 1.12. The van der Waals surface area contributed by atoms with Crippen LogP contribution in [0.4, 0.5) is 13.2 Å². The van der Waals surface area contributed by atoms with Gasteiger partial charge in [0.2, 0.25) is 0 Å². The Morgan fingerprint density at radius 1 is 1.22 bits per heavy atom. The van der Waals surface area contributed by atoms with Crippen LogP contribution in [0.15, 0.2) is 24.4 Å². The first kappa shape index (κ1) is 14.8. The van der Waals surface area contributed by atoms with Crippen LogP contribution < -0.4 is 4.74 Å². The van der Waals surface area contributed by atoms with E-state index in [9.17, 15) is 13.2 Å². The molecule has 7 heteroatoms. The molecule has 124 valence electrons. The van der Waals surface area contributed by atoms with Crippen molar-refractivity contribution in [3.05, 3.63) is 24.4 Å². The van der Waals surface area contributed by atoms with Crippen molar-refractivity contribution in [3.8, 4) is 5.75 Å². The van der Waals surface area contributed by atoms with E-state index in [1.54, 1.807) is 12.3 Å². The number of rotatable bonds is 3. The Balaban J connectivity index is 1.54. The number of hydrogen-bond donors (Lipinski definition) is 0. The molecule has 3 fully saturated rings. The Kier molecular flexibility index (Phi) is 3.48. The molecular formula is C16H18F3N3O. The maximum atomic E-state index is 12.3. The molecule has 5 rings (SSSR count). The summed E-state index contributed by atoms with van der Waals surface area (Å²) in [6, 6.07) is 4.40. The fourth-order valence-corrected chi connectivity index (χ4v) is 3.92. The topological polar surface area (TPSA) is 30.3 Å². The van der Waals surface area contributed by atoms with Crippen molar-refractivity contribution in [2.75, 3.05) is 19.6 Å². The van der Waals surface area contributed by atoms with E-state index in [1.165, 1.54) is 38.1 Å². The van der Waals surface area contributed by atoms with E-state index in [2.05, 4.69) is 14.7 Å². The average molecular weight is 325 g/mol. The maximum Gasteiger partial charge on any atom is 0.573 e. The molecule has 0 aliphatic carbocycles. The van der Waals surface area contributed by atoms with Gasteiger partial charge in [-0.15, -0.1) is 13.2 Å². The third-order valence-electron chi connectivity index (χ3n) is 5.05. The Labute approximate surface area is 131 Å². The molecule has 2 aromatic rings. The molecule has 1 aromatic carbocycles. The van der Waals surface area contributed by atoms with Gasteiger partial charge in [0.1, 0.15) is 5.75 Å². The molecule has 1 unspecified atom stereocenters. The number of halogens is 3. The van der Waals surface area contributed by atoms with E-state index in [1.807, 2.05) is 4.68 Å². The number of fused-ring (bicyclic) bond motifs is 4. The van der Waals surface area contributed by atoms with E-state index < -0.39 is 6.36 Å². The van der Waals surface area contributed by atoms with Gasteiger partial charge in [0.15, 0.2) is 0 Å². The number of piperidine rings is 3. The standard InChI is InChI=1S/C16H18F3N3O/c17-16(18,19)23-14-1-2-15-12(7-14)8-20-22(15)10-13-9-21-5-3-11(13)4-6-21/h1-2,7-8,11,13H,3-6,9-10H2. The largest absolute Gasteiger partial charge is 0.573 e. The highest BCUT2D eigenvalue weighted by Crippen LogP contribution is 2.34. The van der Waals surface area contributed by atoms with Crippen LogP contribution >= 0.6 is 0 Å². The lowest BCUT2D eigenvalue weighted by Crippen LogP contribution is -2.48. The molecule has 0 saturated carbocycles. The van der Waals surface area contributed by atoms with Gasteiger partial charge >= 0.3 is 6.36 Å². The second-order valence-electron chi connectivity index (χ2n) is 6.49. The van der Waals surface area contributed by atoms with E-state index >= 15 is 0 Å². The molecule has 23 heavy (non-hydrogen) atoms. The Bertz CT molecular complexity index is 704. The molecule has 1 aromatic heterocycles. The smallest absolute Gasteiger partial charge is 0.406 e. The lowest BCUT2D eigenvalue weighted by Gasteiger charge is -2.44. The molecule has 4 nitrogen and oxygen atoms in total. The molecule has 3 saturated heterocycles. The third-order valence-corrected chi connectivity index (χ3v) is 5.05. The average Bonchev–Trinajstić information content (AvgIpc) is 2.89. The van der Waals surface area contributed by atoms with Crippen LogP contribution in [0.1, 0.15) is 12.8 Å². The van der Waals surface area contributed by atoms with E-state index in [-0.39, 0.29) is 5.75 Å². The number of alkyl halides is 3. The summed E-state index contributed by atoms with van der Waals surface area (Å²) < 4.78 is 42.8. The van der Waals surface area contributed by atoms with Gasteiger partial charge < -0.3 is 9.64 Å². The van der Waals surface area contributed by atoms with Crippen LogP contribution in [0.3, 0.4) is 0 Å². The van der Waals surface area contributed by atoms with Gasteiger partial charge in [-0.3, -0.25) is 4.68 Å². The summed E-state index contributed by atoms with van der Waals surface area (Å²) in [7, 11) is 0. The van der Waals surface area contributed by atoms with Gasteiger partial charge in [0.25, 0.3) is 0 Å². The van der Waals surface area contributed by atoms with Gasteiger partial charge in [0, 0.05) is 18.5 Å². The van der Waals surface area contributed by atoms with Gasteiger partial charge in [-0.25, -0.2) is 0 Å². The van der Waals surface area contributed by atoms with Crippen molar-refractivity contribution in [2.45, 2.75) is 25.7 Å². The summed E-state index contributed by atoms with van der Waals surface area (Å²) >= 11 is 0. The van der Waals surface area contributed by atoms with Gasteiger partial charge in [-0.05, 0) is 56.0 Å². The molecule has 4 heterocycles. The zero-order valence-corrected chi connectivity index (χ0v) is 12.6. The fraction of sp³-hybridized carbons (Fsp3) is 0.562. The predicted octanol–water partition coefficient (Wildman–Crippen LogP) is 3.28. The molecular weight excluding hydrogens is 307 g/mol. The van der Waals surface area contributed by atoms with Crippen LogP contribution in [0.25, 0.3) is 10.9 Å². The van der Waals surface area contributed by atoms with Gasteiger partial charge in [0.05, 0.1) is 11.7 Å². The molecule has 1 atom stereocenters. The first-order valence-corrected chi connectivity index (χ1v) is 7.91. The van der Waals surface area contributed by atoms with Crippen molar-refractivity contribution >= 4 is 10.9 Å². The van der Waals surface area contributed by atoms with E-state index in [4.69, 9.17) is 0 Å². The molecule has 3 aliphatic rings. The fourth-order valence-electron chi connectivity index (χ4n) is 3.92. The van der Waals surface area contributed by atoms with Crippen LogP contribution in [-0.2, 0) is 6.54 Å². The van der Waals surface area contributed by atoms with Crippen LogP contribution in [0.2, 0.25) is 0 Å². The van der Waals surface area contributed by atoms with Crippen molar-refractivity contribution < 1.29 is 17.9 Å². The van der Waals surface area contributed by atoms with Gasteiger partial charge in [-0.1, -0.05) is 0 Å². The highest BCUT2D eigenvalue weighted by atomic mass is 19.4. The minimum Gasteiger partial charge on any atom is -0.406 e.